The molecule has 8 heteroatoms. The molecule has 5 nitrogen and oxygen atoms in total. The molecule has 0 radical (unpaired) electrons. The van der Waals surface area contributed by atoms with E-state index >= 15 is 0 Å². The molecule has 1 amide bonds. The van der Waals surface area contributed by atoms with E-state index in [4.69, 9.17) is 34.8 Å². The number of hydrogen-bond acceptors (Lipinski definition) is 3. The van der Waals surface area contributed by atoms with Gasteiger partial charge in [0.2, 0.25) is 0 Å². The number of halogens is 3. The molecule has 0 saturated carbocycles. The molecule has 1 aromatic heterocycles. The van der Waals surface area contributed by atoms with Gasteiger partial charge in [-0.2, -0.15) is 0 Å². The summed E-state index contributed by atoms with van der Waals surface area (Å²) in [4.78, 5) is 30.0. The Balaban J connectivity index is 2.58. The van der Waals surface area contributed by atoms with Crippen molar-refractivity contribution in [2.24, 2.45) is 13.0 Å². The maximum absolute atomic E-state index is 12.7. The van der Waals surface area contributed by atoms with Crippen molar-refractivity contribution in [3.8, 4) is 0 Å². The monoisotopic (exact) mass is 403 g/mol. The minimum atomic E-state index is -1.17. The normalized spacial score (nSPS) is 12.8. The fourth-order valence-corrected chi connectivity index (χ4v) is 3.15. The molecule has 1 atom stereocenters. The number of carbonyl (C=O) groups is 1. The van der Waals surface area contributed by atoms with Crippen LogP contribution in [-0.2, 0) is 11.8 Å². The quantitative estimate of drug-likeness (QED) is 0.709. The lowest BCUT2D eigenvalue weighted by molar-refractivity contribution is -0.132. The lowest BCUT2D eigenvalue weighted by Gasteiger charge is -2.31. The molecule has 0 fully saturated rings. The van der Waals surface area contributed by atoms with Crippen molar-refractivity contribution in [2.45, 2.75) is 31.6 Å². The first-order valence-electron chi connectivity index (χ1n) is 7.88. The average Bonchev–Trinajstić information content (AvgIpc) is 2.54. The Hall–Kier alpha value is -1.30. The number of amides is 1. The zero-order chi connectivity index (χ0) is 18.9. The second kappa shape index (κ2) is 7.94. The fraction of sp³-hybridized carbons (Fsp3) is 0.471. The molecule has 0 bridgehead atoms. The van der Waals surface area contributed by atoms with Crippen LogP contribution in [0.15, 0.2) is 23.0 Å². The summed E-state index contributed by atoms with van der Waals surface area (Å²) in [6.45, 7) is 6.23. The molecular weight excluding hydrogens is 385 g/mol. The summed E-state index contributed by atoms with van der Waals surface area (Å²) >= 11 is 17.6. The molecule has 0 spiro atoms. The predicted octanol–water partition coefficient (Wildman–Crippen LogP) is 3.94. The molecule has 0 N–H and O–H groups in total. The minimum Gasteiger partial charge on any atom is -0.330 e. The molecule has 2 rings (SSSR count). The fourth-order valence-electron chi connectivity index (χ4n) is 2.73. The summed E-state index contributed by atoms with van der Waals surface area (Å²) < 4.78 is 1.43. The number of nitrogens with zero attached hydrogens (tertiary/aromatic N) is 3. The number of alkyl halides is 2. The molecule has 1 aromatic carbocycles. The highest BCUT2D eigenvalue weighted by molar-refractivity contribution is 6.53. The molecule has 1 unspecified atom stereocenters. The van der Waals surface area contributed by atoms with Gasteiger partial charge in [-0.15, -0.1) is 0 Å². The molecule has 0 aliphatic rings. The largest absolute Gasteiger partial charge is 0.330 e. The van der Waals surface area contributed by atoms with E-state index in [1.807, 2.05) is 13.8 Å². The van der Waals surface area contributed by atoms with Crippen LogP contribution in [0.3, 0.4) is 0 Å². The van der Waals surface area contributed by atoms with Crippen LogP contribution in [0.1, 0.15) is 32.6 Å². The summed E-state index contributed by atoms with van der Waals surface area (Å²) in [5.41, 5.74) is 0.305. The van der Waals surface area contributed by atoms with E-state index in [-0.39, 0.29) is 11.5 Å². The third kappa shape index (κ3) is 4.27. The average molecular weight is 405 g/mol. The van der Waals surface area contributed by atoms with Crippen LogP contribution >= 0.6 is 34.8 Å². The van der Waals surface area contributed by atoms with E-state index in [0.717, 1.165) is 0 Å². The summed E-state index contributed by atoms with van der Waals surface area (Å²) in [7, 11) is 1.62. The van der Waals surface area contributed by atoms with Crippen LogP contribution < -0.4 is 5.56 Å². The minimum absolute atomic E-state index is 0.203. The van der Waals surface area contributed by atoms with Gasteiger partial charge in [-0.25, -0.2) is 4.98 Å². The Bertz CT molecular complexity index is 849. The van der Waals surface area contributed by atoms with Crippen LogP contribution in [0.2, 0.25) is 5.02 Å². The first kappa shape index (κ1) is 20.0. The molecule has 0 aliphatic heterocycles. The molecule has 0 aliphatic carbocycles. The third-order valence-corrected chi connectivity index (χ3v) is 4.55. The highest BCUT2D eigenvalue weighted by Gasteiger charge is 2.29. The van der Waals surface area contributed by atoms with Gasteiger partial charge in [-0.05, 0) is 31.0 Å². The maximum Gasteiger partial charge on any atom is 0.261 e. The highest BCUT2D eigenvalue weighted by Crippen LogP contribution is 2.24. The van der Waals surface area contributed by atoms with Crippen molar-refractivity contribution in [3.05, 3.63) is 39.4 Å². The van der Waals surface area contributed by atoms with Gasteiger partial charge in [0.25, 0.3) is 11.5 Å². The van der Waals surface area contributed by atoms with Crippen molar-refractivity contribution in [1.29, 1.82) is 0 Å². The smallest absolute Gasteiger partial charge is 0.261 e. The number of carbonyl (C=O) groups excluding carboxylic acids is 1. The lowest BCUT2D eigenvalue weighted by Crippen LogP contribution is -2.41. The number of aromatic nitrogens is 2. The predicted molar refractivity (Wildman–Crippen MR) is 102 cm³/mol. The SMILES string of the molecule is CC(C)CN(C(=O)C(Cl)Cl)C(C)c1nc2ccc(Cl)cc2c(=O)n1C. The molecule has 25 heavy (non-hydrogen) atoms. The van der Waals surface area contributed by atoms with Crippen LogP contribution in [0.4, 0.5) is 0 Å². The standard InChI is InChI=1S/C17H20Cl3N3O2/c1-9(2)8-23(17(25)14(19)20)10(3)15-21-13-6-5-11(18)7-12(13)16(24)22(15)4/h5-7,9-10,14H,8H2,1-4H3. The summed E-state index contributed by atoms with van der Waals surface area (Å²) in [5, 5.41) is 0.899. The van der Waals surface area contributed by atoms with Crippen molar-refractivity contribution in [1.82, 2.24) is 14.5 Å². The first-order chi connectivity index (χ1) is 11.6. The summed E-state index contributed by atoms with van der Waals surface area (Å²) in [6, 6.07) is 4.49. The van der Waals surface area contributed by atoms with Crippen molar-refractivity contribution >= 4 is 51.6 Å². The Kier molecular flexibility index (Phi) is 6.35. The number of hydrogen-bond donors (Lipinski definition) is 0. The second-order valence-corrected chi connectivity index (χ2v) is 7.89. The van der Waals surface area contributed by atoms with Crippen molar-refractivity contribution in [2.75, 3.05) is 6.54 Å². The van der Waals surface area contributed by atoms with Gasteiger partial charge in [0.15, 0.2) is 4.84 Å². The topological polar surface area (TPSA) is 55.2 Å². The Morgan fingerprint density at radius 1 is 1.28 bits per heavy atom. The molecule has 136 valence electrons. The second-order valence-electron chi connectivity index (χ2n) is 6.36. The van der Waals surface area contributed by atoms with Crippen LogP contribution in [0, 0.1) is 5.92 Å². The van der Waals surface area contributed by atoms with Gasteiger partial charge in [-0.1, -0.05) is 48.7 Å². The Labute approximate surface area is 161 Å². The third-order valence-electron chi connectivity index (χ3n) is 3.95. The molecule has 1 heterocycles. The first-order valence-corrected chi connectivity index (χ1v) is 9.13. The van der Waals surface area contributed by atoms with Gasteiger partial charge in [-0.3, -0.25) is 14.2 Å². The number of benzene rings is 1. The van der Waals surface area contributed by atoms with Gasteiger partial charge in [0.1, 0.15) is 5.82 Å². The van der Waals surface area contributed by atoms with Gasteiger partial charge < -0.3 is 4.90 Å². The highest BCUT2D eigenvalue weighted by atomic mass is 35.5. The van der Waals surface area contributed by atoms with Crippen molar-refractivity contribution in [3.63, 3.8) is 0 Å². The van der Waals surface area contributed by atoms with Crippen LogP contribution in [0.25, 0.3) is 10.9 Å². The van der Waals surface area contributed by atoms with E-state index < -0.39 is 16.8 Å². The lowest BCUT2D eigenvalue weighted by atomic mass is 10.1. The van der Waals surface area contributed by atoms with Crippen molar-refractivity contribution < 1.29 is 4.79 Å². The van der Waals surface area contributed by atoms with E-state index in [1.54, 1.807) is 37.1 Å². The number of rotatable bonds is 5. The van der Waals surface area contributed by atoms with Gasteiger partial charge >= 0.3 is 0 Å². The Morgan fingerprint density at radius 2 is 1.92 bits per heavy atom. The zero-order valence-corrected chi connectivity index (χ0v) is 16.7. The molecular formula is C17H20Cl3N3O2. The zero-order valence-electron chi connectivity index (χ0n) is 14.5. The van der Waals surface area contributed by atoms with Gasteiger partial charge in [0.05, 0.1) is 16.9 Å². The van der Waals surface area contributed by atoms with E-state index in [9.17, 15) is 9.59 Å². The van der Waals surface area contributed by atoms with Gasteiger partial charge in [0, 0.05) is 18.6 Å². The maximum atomic E-state index is 12.7. The Morgan fingerprint density at radius 3 is 2.48 bits per heavy atom. The molecule has 0 saturated heterocycles. The van der Waals surface area contributed by atoms with E-state index in [1.165, 1.54) is 4.57 Å². The summed E-state index contributed by atoms with van der Waals surface area (Å²) in [5.74, 6) is 0.257. The van der Waals surface area contributed by atoms with Crippen LogP contribution in [0.5, 0.6) is 0 Å². The van der Waals surface area contributed by atoms with Crippen LogP contribution in [-0.4, -0.2) is 31.7 Å². The van der Waals surface area contributed by atoms with E-state index in [0.29, 0.717) is 28.3 Å². The number of fused-ring (bicyclic) bond motifs is 1. The summed E-state index contributed by atoms with van der Waals surface area (Å²) in [6.07, 6.45) is 0. The molecule has 2 aromatic rings. The van der Waals surface area contributed by atoms with E-state index in [2.05, 4.69) is 4.98 Å².